The van der Waals surface area contributed by atoms with Crippen LogP contribution in [0.25, 0.3) is 0 Å². The Balaban J connectivity index is 2.36. The first-order chi connectivity index (χ1) is 17.8. The Morgan fingerprint density at radius 2 is 0.811 bits per heavy atom. The van der Waals surface area contributed by atoms with Crippen LogP contribution in [0.15, 0.2) is 24.3 Å². The lowest BCUT2D eigenvalue weighted by atomic mass is 9.61. The van der Waals surface area contributed by atoms with E-state index in [2.05, 4.69) is 5.32 Å². The fourth-order valence-electron chi connectivity index (χ4n) is 4.76. The van der Waals surface area contributed by atoms with Crippen molar-refractivity contribution in [3.05, 3.63) is 35.4 Å². The molecule has 11 heteroatoms. The molecule has 11 nitrogen and oxygen atoms in total. The molecule has 2 aromatic carbocycles. The average Bonchev–Trinajstić information content (AvgIpc) is 3.25. The molecule has 37 heavy (non-hydrogen) atoms. The molecular formula is C26H25N5O6. The van der Waals surface area contributed by atoms with Crippen molar-refractivity contribution in [3.63, 3.8) is 0 Å². The van der Waals surface area contributed by atoms with Crippen LogP contribution in [0.2, 0.25) is 0 Å². The van der Waals surface area contributed by atoms with Crippen molar-refractivity contribution in [1.82, 2.24) is 5.32 Å². The second-order valence-electron chi connectivity index (χ2n) is 8.01. The first-order valence-corrected chi connectivity index (χ1v) is 10.9. The predicted molar refractivity (Wildman–Crippen MR) is 128 cm³/mol. The zero-order chi connectivity index (χ0) is 27.4. The van der Waals surface area contributed by atoms with Crippen LogP contribution in [-0.4, -0.2) is 42.7 Å². The van der Waals surface area contributed by atoms with Gasteiger partial charge in [-0.1, -0.05) is 0 Å². The molecule has 1 aliphatic heterocycles. The summed E-state index contributed by atoms with van der Waals surface area (Å²) < 4.78 is 32.5. The number of rotatable bonds is 8. The highest BCUT2D eigenvalue weighted by atomic mass is 16.5. The maximum absolute atomic E-state index is 10.4. The Morgan fingerprint density at radius 1 is 0.541 bits per heavy atom. The smallest absolute Gasteiger partial charge is 0.203 e. The van der Waals surface area contributed by atoms with Crippen molar-refractivity contribution in [2.45, 2.75) is 12.1 Å². The molecule has 0 aliphatic carbocycles. The van der Waals surface area contributed by atoms with Crippen molar-refractivity contribution in [2.24, 2.45) is 10.8 Å². The van der Waals surface area contributed by atoms with E-state index in [0.717, 1.165) is 0 Å². The fourth-order valence-corrected chi connectivity index (χ4v) is 4.76. The Labute approximate surface area is 214 Å². The quantitative estimate of drug-likeness (QED) is 0.563. The van der Waals surface area contributed by atoms with Gasteiger partial charge >= 0.3 is 0 Å². The molecule has 0 bridgehead atoms. The predicted octanol–water partition coefficient (Wildman–Crippen LogP) is 3.19. The molecule has 0 radical (unpaired) electrons. The van der Waals surface area contributed by atoms with E-state index in [0.29, 0.717) is 22.6 Å². The minimum Gasteiger partial charge on any atom is -0.493 e. The molecule has 1 heterocycles. The van der Waals surface area contributed by atoms with Crippen molar-refractivity contribution in [2.75, 3.05) is 42.7 Å². The molecule has 1 saturated heterocycles. The van der Waals surface area contributed by atoms with Gasteiger partial charge in [0.2, 0.25) is 11.5 Å². The summed E-state index contributed by atoms with van der Waals surface area (Å²) in [5.41, 5.74) is -3.54. The molecule has 0 amide bonds. The van der Waals surface area contributed by atoms with Gasteiger partial charge in [-0.15, -0.1) is 0 Å². The van der Waals surface area contributed by atoms with E-state index in [-0.39, 0.29) is 23.0 Å². The van der Waals surface area contributed by atoms with Crippen LogP contribution in [0, 0.1) is 56.2 Å². The zero-order valence-electron chi connectivity index (χ0n) is 21.2. The van der Waals surface area contributed by atoms with Gasteiger partial charge in [0.05, 0.1) is 79.0 Å². The monoisotopic (exact) mass is 503 g/mol. The second-order valence-corrected chi connectivity index (χ2v) is 8.01. The summed E-state index contributed by atoms with van der Waals surface area (Å²) in [6.45, 7) is 0. The number of ether oxygens (including phenoxy) is 6. The number of nitrogens with zero attached hydrogens (tertiary/aromatic N) is 4. The van der Waals surface area contributed by atoms with Crippen LogP contribution >= 0.6 is 0 Å². The number of hydrogen-bond donors (Lipinski definition) is 1. The third-order valence-electron chi connectivity index (χ3n) is 6.57. The molecule has 2 atom stereocenters. The van der Waals surface area contributed by atoms with Crippen LogP contribution in [-0.2, 0) is 0 Å². The average molecular weight is 504 g/mol. The summed E-state index contributed by atoms with van der Waals surface area (Å²) in [7, 11) is 8.60. The van der Waals surface area contributed by atoms with Gasteiger partial charge in [0, 0.05) is 0 Å². The van der Waals surface area contributed by atoms with Gasteiger partial charge in [0.15, 0.2) is 33.8 Å². The minimum atomic E-state index is -2.15. The summed E-state index contributed by atoms with van der Waals surface area (Å²) in [5, 5.41) is 44.7. The number of benzene rings is 2. The Bertz CT molecular complexity index is 1180. The van der Waals surface area contributed by atoms with E-state index in [1.165, 1.54) is 42.7 Å². The van der Waals surface area contributed by atoms with E-state index >= 15 is 0 Å². The van der Waals surface area contributed by atoms with Gasteiger partial charge in [-0.25, -0.2) is 0 Å². The van der Waals surface area contributed by atoms with E-state index < -0.39 is 22.9 Å². The number of hydrogen-bond acceptors (Lipinski definition) is 11. The molecule has 2 unspecified atom stereocenters. The second kappa shape index (κ2) is 10.4. The first-order valence-electron chi connectivity index (χ1n) is 10.9. The third-order valence-corrected chi connectivity index (χ3v) is 6.57. The number of methoxy groups -OCH3 is 6. The summed E-state index contributed by atoms with van der Waals surface area (Å²) in [6, 6.07) is 12.0. The maximum atomic E-state index is 10.4. The van der Waals surface area contributed by atoms with E-state index in [9.17, 15) is 21.0 Å². The normalized spacial score (nSPS) is 18.8. The van der Waals surface area contributed by atoms with Crippen molar-refractivity contribution < 1.29 is 28.4 Å². The number of nitrogens with one attached hydrogen (secondary N) is 1. The van der Waals surface area contributed by atoms with Gasteiger partial charge < -0.3 is 28.4 Å². The lowest BCUT2D eigenvalue weighted by Crippen LogP contribution is -2.39. The van der Waals surface area contributed by atoms with Crippen molar-refractivity contribution in [1.29, 1.82) is 21.0 Å². The zero-order valence-corrected chi connectivity index (χ0v) is 21.2. The van der Waals surface area contributed by atoms with E-state index in [1.807, 2.05) is 24.3 Å². The van der Waals surface area contributed by atoms with Gasteiger partial charge in [-0.2, -0.15) is 21.0 Å². The Hall–Kier alpha value is -4.84. The van der Waals surface area contributed by atoms with Gasteiger partial charge in [-0.05, 0) is 35.4 Å². The molecule has 1 N–H and O–H groups in total. The standard InChI is InChI=1S/C26H25N5O6/c1-32-17-7-15(8-18(33-2)21(17)36-5)23-25(11-27,12-28)26(13-29,14-30)24(31-23)16-9-19(34-3)22(37-6)20(10-16)35-4/h7-10,23-24,31H,1-6H3. The van der Waals surface area contributed by atoms with E-state index in [1.54, 1.807) is 24.3 Å². The highest BCUT2D eigenvalue weighted by molar-refractivity contribution is 5.59. The molecular weight excluding hydrogens is 478 g/mol. The number of nitriles is 4. The molecule has 190 valence electrons. The third kappa shape index (κ3) is 3.74. The lowest BCUT2D eigenvalue weighted by Gasteiger charge is -2.30. The van der Waals surface area contributed by atoms with Crippen LogP contribution in [0.1, 0.15) is 23.2 Å². The topological polar surface area (TPSA) is 163 Å². The Morgan fingerprint density at radius 3 is 1.00 bits per heavy atom. The molecule has 3 rings (SSSR count). The van der Waals surface area contributed by atoms with Crippen LogP contribution in [0.3, 0.4) is 0 Å². The van der Waals surface area contributed by atoms with Gasteiger partial charge in [0.25, 0.3) is 0 Å². The maximum Gasteiger partial charge on any atom is 0.203 e. The molecule has 1 fully saturated rings. The molecule has 2 aromatic rings. The van der Waals surface area contributed by atoms with Crippen LogP contribution < -0.4 is 33.7 Å². The molecule has 0 spiro atoms. The first kappa shape index (κ1) is 26.8. The van der Waals surface area contributed by atoms with Crippen LogP contribution in [0.5, 0.6) is 34.5 Å². The SMILES string of the molecule is COc1cc(C2NC(c3cc(OC)c(OC)c(OC)c3)C(C#N)(C#N)C2(C#N)C#N)cc(OC)c1OC. The van der Waals surface area contributed by atoms with Gasteiger partial charge in [0.1, 0.15) is 0 Å². The summed E-state index contributed by atoms with van der Waals surface area (Å²) in [6.07, 6.45) is 0. The van der Waals surface area contributed by atoms with Crippen LogP contribution in [0.4, 0.5) is 0 Å². The highest BCUT2D eigenvalue weighted by Crippen LogP contribution is 2.61. The lowest BCUT2D eigenvalue weighted by molar-refractivity contribution is 0.303. The summed E-state index contributed by atoms with van der Waals surface area (Å²) in [5.74, 6) is 1.72. The fraction of sp³-hybridized carbons (Fsp3) is 0.385. The minimum absolute atomic E-state index is 0.277. The van der Waals surface area contributed by atoms with Crippen molar-refractivity contribution in [3.8, 4) is 58.8 Å². The largest absolute Gasteiger partial charge is 0.493 e. The summed E-state index contributed by atoms with van der Waals surface area (Å²) >= 11 is 0. The van der Waals surface area contributed by atoms with Crippen molar-refractivity contribution >= 4 is 0 Å². The molecule has 1 aliphatic rings. The van der Waals surface area contributed by atoms with E-state index in [4.69, 9.17) is 28.4 Å². The summed E-state index contributed by atoms with van der Waals surface area (Å²) in [4.78, 5) is 0. The highest BCUT2D eigenvalue weighted by Gasteiger charge is 2.69. The molecule has 0 aromatic heterocycles. The Kier molecular flexibility index (Phi) is 7.53. The van der Waals surface area contributed by atoms with Gasteiger partial charge in [-0.3, -0.25) is 5.32 Å². The molecule has 0 saturated carbocycles.